The van der Waals surface area contributed by atoms with Gasteiger partial charge in [0.2, 0.25) is 5.91 Å². The maximum atomic E-state index is 11.8. The van der Waals surface area contributed by atoms with Crippen LogP contribution in [0.15, 0.2) is 10.2 Å². The van der Waals surface area contributed by atoms with Gasteiger partial charge in [0.05, 0.1) is 0 Å². The molecule has 1 atom stereocenters. The lowest BCUT2D eigenvalue weighted by molar-refractivity contribution is -0.121. The Morgan fingerprint density at radius 1 is 1.43 bits per heavy atom. The van der Waals surface area contributed by atoms with Crippen molar-refractivity contribution in [3.63, 3.8) is 0 Å². The van der Waals surface area contributed by atoms with E-state index in [2.05, 4.69) is 17.1 Å². The summed E-state index contributed by atoms with van der Waals surface area (Å²) in [6.07, 6.45) is 4.21. The average molecular weight is 311 g/mol. The van der Waals surface area contributed by atoms with Gasteiger partial charge in [0.1, 0.15) is 0 Å². The number of aryl methyl sites for hydroxylation is 1. The molecular formula is C15H25N3O2S. The number of hydrogen-bond acceptors (Lipinski definition) is 4. The van der Waals surface area contributed by atoms with Crippen LogP contribution in [0.3, 0.4) is 0 Å². The average Bonchev–Trinajstić information content (AvgIpc) is 2.78. The quantitative estimate of drug-likeness (QED) is 0.868. The minimum atomic E-state index is 0.0161. The number of amides is 1. The summed E-state index contributed by atoms with van der Waals surface area (Å²) in [4.78, 5) is 25.9. The van der Waals surface area contributed by atoms with Crippen molar-refractivity contribution in [2.24, 2.45) is 0 Å². The van der Waals surface area contributed by atoms with Crippen LogP contribution < -0.4 is 10.2 Å². The van der Waals surface area contributed by atoms with Crippen molar-refractivity contribution in [2.45, 2.75) is 52.1 Å². The molecule has 1 aromatic rings. The molecule has 5 nitrogen and oxygen atoms in total. The van der Waals surface area contributed by atoms with Gasteiger partial charge in [-0.25, -0.2) is 0 Å². The molecule has 2 heterocycles. The number of aromatic nitrogens is 1. The Morgan fingerprint density at radius 3 is 2.90 bits per heavy atom. The van der Waals surface area contributed by atoms with E-state index in [1.54, 1.807) is 4.57 Å². The predicted molar refractivity (Wildman–Crippen MR) is 85.8 cm³/mol. The smallest absolute Gasteiger partial charge is 0.307 e. The van der Waals surface area contributed by atoms with Crippen LogP contribution in [0.4, 0.5) is 0 Å². The van der Waals surface area contributed by atoms with Crippen molar-refractivity contribution in [1.82, 2.24) is 14.8 Å². The van der Waals surface area contributed by atoms with Gasteiger partial charge >= 0.3 is 4.87 Å². The molecule has 118 valence electrons. The van der Waals surface area contributed by atoms with Gasteiger partial charge in [0, 0.05) is 43.2 Å². The number of piperidine rings is 1. The van der Waals surface area contributed by atoms with E-state index < -0.39 is 0 Å². The largest absolute Gasteiger partial charge is 0.355 e. The third-order valence-electron chi connectivity index (χ3n) is 4.20. The summed E-state index contributed by atoms with van der Waals surface area (Å²) in [5, 5.41) is 4.79. The molecule has 0 bridgehead atoms. The molecule has 1 saturated heterocycles. The Balaban J connectivity index is 1.67. The second kappa shape index (κ2) is 7.75. The van der Waals surface area contributed by atoms with E-state index in [-0.39, 0.29) is 10.8 Å². The number of thiazole rings is 1. The van der Waals surface area contributed by atoms with Gasteiger partial charge in [-0.2, -0.15) is 0 Å². The molecule has 1 fully saturated rings. The van der Waals surface area contributed by atoms with Crippen LogP contribution in [0.25, 0.3) is 0 Å². The Hall–Kier alpha value is -1.14. The highest BCUT2D eigenvalue weighted by atomic mass is 32.1. The van der Waals surface area contributed by atoms with Crippen molar-refractivity contribution in [2.75, 3.05) is 19.6 Å². The summed E-state index contributed by atoms with van der Waals surface area (Å²) in [7, 11) is 0. The van der Waals surface area contributed by atoms with Gasteiger partial charge in [0.25, 0.3) is 0 Å². The van der Waals surface area contributed by atoms with Gasteiger partial charge in [-0.05, 0) is 33.2 Å². The first-order valence-electron chi connectivity index (χ1n) is 7.73. The number of carbonyl (C=O) groups excluding carboxylic acids is 1. The van der Waals surface area contributed by atoms with Gasteiger partial charge in [-0.15, -0.1) is 0 Å². The van der Waals surface area contributed by atoms with E-state index >= 15 is 0 Å². The molecule has 1 unspecified atom stereocenters. The molecule has 0 aromatic carbocycles. The van der Waals surface area contributed by atoms with E-state index in [1.165, 1.54) is 30.6 Å². The number of rotatable bonds is 6. The van der Waals surface area contributed by atoms with E-state index in [9.17, 15) is 9.59 Å². The first-order chi connectivity index (χ1) is 10.1. The number of carbonyl (C=O) groups is 1. The molecule has 0 aliphatic carbocycles. The lowest BCUT2D eigenvalue weighted by atomic mass is 10.0. The van der Waals surface area contributed by atoms with Gasteiger partial charge < -0.3 is 9.88 Å². The SMILES string of the molecule is Cc1csc(=O)n1CCC(=O)NCCN1CCCCC1C. The fourth-order valence-electron chi connectivity index (χ4n) is 2.81. The van der Waals surface area contributed by atoms with Crippen molar-refractivity contribution >= 4 is 17.2 Å². The summed E-state index contributed by atoms with van der Waals surface area (Å²) in [6.45, 7) is 7.38. The summed E-state index contributed by atoms with van der Waals surface area (Å²) in [5.74, 6) is 0.0252. The summed E-state index contributed by atoms with van der Waals surface area (Å²) in [5.41, 5.74) is 0.931. The first kappa shape index (κ1) is 16.2. The normalized spacial score (nSPS) is 19.6. The van der Waals surface area contributed by atoms with Crippen molar-refractivity contribution in [3.05, 3.63) is 20.7 Å². The number of nitrogens with zero attached hydrogens (tertiary/aromatic N) is 2. The minimum absolute atomic E-state index is 0.0161. The first-order valence-corrected chi connectivity index (χ1v) is 8.61. The zero-order chi connectivity index (χ0) is 15.2. The van der Waals surface area contributed by atoms with Crippen molar-refractivity contribution in [3.8, 4) is 0 Å². The van der Waals surface area contributed by atoms with Crippen molar-refractivity contribution < 1.29 is 4.79 Å². The van der Waals surface area contributed by atoms with Crippen LogP contribution in [0.2, 0.25) is 0 Å². The zero-order valence-corrected chi connectivity index (χ0v) is 13.7. The molecule has 1 aliphatic rings. The highest BCUT2D eigenvalue weighted by Crippen LogP contribution is 2.15. The Bertz CT molecular complexity index is 523. The minimum Gasteiger partial charge on any atom is -0.355 e. The molecule has 0 spiro atoms. The van der Waals surface area contributed by atoms with Crippen LogP contribution in [0.5, 0.6) is 0 Å². The molecule has 2 rings (SSSR count). The van der Waals surface area contributed by atoms with Gasteiger partial charge in [-0.1, -0.05) is 17.8 Å². The molecule has 21 heavy (non-hydrogen) atoms. The van der Waals surface area contributed by atoms with E-state index in [0.717, 1.165) is 18.8 Å². The summed E-state index contributed by atoms with van der Waals surface area (Å²) in [6, 6.07) is 0.627. The predicted octanol–water partition coefficient (Wildman–Crippen LogP) is 1.60. The van der Waals surface area contributed by atoms with E-state index in [4.69, 9.17) is 0 Å². The fraction of sp³-hybridized carbons (Fsp3) is 0.733. The lowest BCUT2D eigenvalue weighted by Gasteiger charge is -2.33. The highest BCUT2D eigenvalue weighted by molar-refractivity contribution is 7.07. The highest BCUT2D eigenvalue weighted by Gasteiger charge is 2.17. The number of hydrogen-bond donors (Lipinski definition) is 1. The van der Waals surface area contributed by atoms with E-state index in [0.29, 0.717) is 25.6 Å². The maximum Gasteiger partial charge on any atom is 0.307 e. The summed E-state index contributed by atoms with van der Waals surface area (Å²) < 4.78 is 1.66. The molecule has 1 aliphatic heterocycles. The third-order valence-corrected chi connectivity index (χ3v) is 5.08. The van der Waals surface area contributed by atoms with Crippen molar-refractivity contribution in [1.29, 1.82) is 0 Å². The topological polar surface area (TPSA) is 54.3 Å². The van der Waals surface area contributed by atoms with Crippen LogP contribution in [-0.4, -0.2) is 41.1 Å². The Labute approximate surface area is 130 Å². The monoisotopic (exact) mass is 311 g/mol. The second-order valence-corrected chi connectivity index (χ2v) is 6.60. The van der Waals surface area contributed by atoms with E-state index in [1.807, 2.05) is 12.3 Å². The molecule has 1 aromatic heterocycles. The maximum absolute atomic E-state index is 11.8. The molecular weight excluding hydrogens is 286 g/mol. The zero-order valence-electron chi connectivity index (χ0n) is 12.9. The lowest BCUT2D eigenvalue weighted by Crippen LogP contribution is -2.42. The molecule has 1 N–H and O–H groups in total. The molecule has 0 radical (unpaired) electrons. The van der Waals surface area contributed by atoms with Crippen LogP contribution >= 0.6 is 11.3 Å². The van der Waals surface area contributed by atoms with Crippen LogP contribution in [0.1, 0.15) is 38.3 Å². The Morgan fingerprint density at radius 2 is 2.24 bits per heavy atom. The standard InChI is InChI=1S/C15H25N3O2S/c1-12-5-3-4-8-17(12)10-7-16-14(19)6-9-18-13(2)11-21-15(18)20/h11-12H,3-10H2,1-2H3,(H,16,19). The molecule has 6 heteroatoms. The second-order valence-electron chi connectivity index (χ2n) is 5.78. The molecule has 0 saturated carbocycles. The van der Waals surface area contributed by atoms with Gasteiger partial charge in [-0.3, -0.25) is 14.5 Å². The number of nitrogens with one attached hydrogen (secondary N) is 1. The fourth-order valence-corrected chi connectivity index (χ4v) is 3.57. The summed E-state index contributed by atoms with van der Waals surface area (Å²) >= 11 is 1.19. The molecule has 1 amide bonds. The van der Waals surface area contributed by atoms with Crippen LogP contribution in [-0.2, 0) is 11.3 Å². The Kier molecular flexibility index (Phi) is 5.99. The number of likely N-dealkylation sites (tertiary alicyclic amines) is 1. The third kappa shape index (κ3) is 4.68. The van der Waals surface area contributed by atoms with Crippen LogP contribution in [0, 0.1) is 6.92 Å². The van der Waals surface area contributed by atoms with Gasteiger partial charge in [0.15, 0.2) is 0 Å².